The monoisotopic (exact) mass is 253 g/mol. The van der Waals surface area contributed by atoms with Gasteiger partial charge in [-0.25, -0.2) is 0 Å². The minimum atomic E-state index is 0.0385. The first-order chi connectivity index (χ1) is 8.79. The van der Waals surface area contributed by atoms with E-state index in [9.17, 15) is 0 Å². The van der Waals surface area contributed by atoms with E-state index in [1.54, 1.807) is 0 Å². The zero-order valence-corrected chi connectivity index (χ0v) is 12.6. The SMILES string of the molecule is CC1=CC=CC(C)(C)C=C1C1=CC(C)(C)C=CN=C1. The third-order valence-electron chi connectivity index (χ3n) is 3.46. The molecule has 0 bridgehead atoms. The van der Waals surface area contributed by atoms with Gasteiger partial charge in [-0.1, -0.05) is 64.2 Å². The van der Waals surface area contributed by atoms with E-state index in [-0.39, 0.29) is 10.8 Å². The van der Waals surface area contributed by atoms with Crippen molar-refractivity contribution in [3.05, 3.63) is 59.4 Å². The highest BCUT2D eigenvalue weighted by molar-refractivity contribution is 5.88. The second-order valence-electron chi connectivity index (χ2n) is 6.60. The lowest BCUT2D eigenvalue weighted by Crippen LogP contribution is -2.08. The molecule has 1 aliphatic carbocycles. The van der Waals surface area contributed by atoms with Gasteiger partial charge >= 0.3 is 0 Å². The van der Waals surface area contributed by atoms with Crippen molar-refractivity contribution in [1.29, 1.82) is 0 Å². The maximum Gasteiger partial charge on any atom is 0.0343 e. The Hall–Kier alpha value is -1.63. The van der Waals surface area contributed by atoms with Crippen LogP contribution in [-0.4, -0.2) is 6.21 Å². The van der Waals surface area contributed by atoms with Crippen LogP contribution in [0.15, 0.2) is 64.4 Å². The molecule has 0 N–H and O–H groups in total. The Kier molecular flexibility index (Phi) is 3.49. The van der Waals surface area contributed by atoms with Crippen LogP contribution >= 0.6 is 0 Å². The van der Waals surface area contributed by atoms with E-state index in [2.05, 4.69) is 76.1 Å². The number of aliphatic imine (C=N–C) groups is 1. The lowest BCUT2D eigenvalue weighted by Gasteiger charge is -2.20. The minimum Gasteiger partial charge on any atom is -0.264 e. The van der Waals surface area contributed by atoms with E-state index < -0.39 is 0 Å². The molecule has 2 rings (SSSR count). The number of hydrogen-bond donors (Lipinski definition) is 0. The highest BCUT2D eigenvalue weighted by Gasteiger charge is 2.20. The topological polar surface area (TPSA) is 12.4 Å². The van der Waals surface area contributed by atoms with E-state index in [0.717, 1.165) is 0 Å². The molecule has 0 spiro atoms. The minimum absolute atomic E-state index is 0.0385. The first kappa shape index (κ1) is 13.8. The molecule has 0 amide bonds. The zero-order chi connectivity index (χ0) is 14.1. The van der Waals surface area contributed by atoms with Crippen molar-refractivity contribution in [1.82, 2.24) is 0 Å². The highest BCUT2D eigenvalue weighted by Crippen LogP contribution is 2.33. The van der Waals surface area contributed by atoms with Crippen LogP contribution < -0.4 is 0 Å². The van der Waals surface area contributed by atoms with Gasteiger partial charge < -0.3 is 0 Å². The second kappa shape index (κ2) is 4.80. The molecule has 1 nitrogen and oxygen atoms in total. The molecule has 100 valence electrons. The van der Waals surface area contributed by atoms with E-state index in [1.807, 2.05) is 12.4 Å². The molecule has 0 atom stereocenters. The Bertz CT molecular complexity index is 546. The maximum atomic E-state index is 4.37. The van der Waals surface area contributed by atoms with Crippen LogP contribution in [0.5, 0.6) is 0 Å². The summed E-state index contributed by atoms with van der Waals surface area (Å²) >= 11 is 0. The molecule has 19 heavy (non-hydrogen) atoms. The standard InChI is InChI=1S/C18H23N/c1-14-7-6-8-17(2,3)12-16(14)15-11-18(4,5)9-10-19-13-15/h6-13H,1-5H3. The predicted octanol–water partition coefficient (Wildman–Crippen LogP) is 5.01. The van der Waals surface area contributed by atoms with Gasteiger partial charge in [0.25, 0.3) is 0 Å². The number of allylic oxidation sites excluding steroid dienone is 9. The fourth-order valence-electron chi connectivity index (χ4n) is 2.37. The predicted molar refractivity (Wildman–Crippen MR) is 84.3 cm³/mol. The lowest BCUT2D eigenvalue weighted by atomic mass is 9.84. The van der Waals surface area contributed by atoms with Crippen molar-refractivity contribution >= 4 is 6.21 Å². The van der Waals surface area contributed by atoms with E-state index in [0.29, 0.717) is 0 Å². The van der Waals surface area contributed by atoms with E-state index in [4.69, 9.17) is 0 Å². The van der Waals surface area contributed by atoms with Crippen molar-refractivity contribution in [3.63, 3.8) is 0 Å². The fraction of sp³-hybridized carbons (Fsp3) is 0.389. The molecule has 0 radical (unpaired) electrons. The summed E-state index contributed by atoms with van der Waals surface area (Å²) in [6.07, 6.45) is 17.2. The summed E-state index contributed by atoms with van der Waals surface area (Å²) < 4.78 is 0. The largest absolute Gasteiger partial charge is 0.264 e. The molecule has 0 unspecified atom stereocenters. The normalized spacial score (nSPS) is 24.2. The van der Waals surface area contributed by atoms with Crippen molar-refractivity contribution in [2.75, 3.05) is 0 Å². The Balaban J connectivity index is 2.51. The number of nitrogens with zero attached hydrogens (tertiary/aromatic N) is 1. The average molecular weight is 253 g/mol. The molecule has 0 aromatic heterocycles. The molecular formula is C18H23N. The molecule has 2 aliphatic rings. The van der Waals surface area contributed by atoms with Crippen LogP contribution in [-0.2, 0) is 0 Å². The van der Waals surface area contributed by atoms with Gasteiger partial charge in [-0.05, 0) is 23.6 Å². The molecular weight excluding hydrogens is 230 g/mol. The molecule has 0 aromatic carbocycles. The van der Waals surface area contributed by atoms with Gasteiger partial charge in [0.05, 0.1) is 0 Å². The fourth-order valence-corrected chi connectivity index (χ4v) is 2.37. The Labute approximate surface area is 116 Å². The van der Waals surface area contributed by atoms with Gasteiger partial charge in [0.2, 0.25) is 0 Å². The summed E-state index contributed by atoms with van der Waals surface area (Å²) in [7, 11) is 0. The number of rotatable bonds is 1. The van der Waals surface area contributed by atoms with Gasteiger partial charge in [0, 0.05) is 23.2 Å². The van der Waals surface area contributed by atoms with Gasteiger partial charge in [0.15, 0.2) is 0 Å². The van der Waals surface area contributed by atoms with Crippen LogP contribution in [0.2, 0.25) is 0 Å². The summed E-state index contributed by atoms with van der Waals surface area (Å²) in [5.41, 5.74) is 3.90. The van der Waals surface area contributed by atoms with Crippen LogP contribution in [0.25, 0.3) is 0 Å². The van der Waals surface area contributed by atoms with Crippen LogP contribution in [0, 0.1) is 10.8 Å². The lowest BCUT2D eigenvalue weighted by molar-refractivity contribution is 0.617. The van der Waals surface area contributed by atoms with Crippen molar-refractivity contribution in [2.45, 2.75) is 34.6 Å². The third kappa shape index (κ3) is 3.44. The summed E-state index contributed by atoms with van der Waals surface area (Å²) in [6.45, 7) is 11.0. The number of hydrogen-bond acceptors (Lipinski definition) is 1. The molecule has 0 fully saturated rings. The van der Waals surface area contributed by atoms with E-state index in [1.165, 1.54) is 16.7 Å². The quantitative estimate of drug-likeness (QED) is 0.623. The maximum absolute atomic E-state index is 4.37. The van der Waals surface area contributed by atoms with E-state index >= 15 is 0 Å². The Morgan fingerprint density at radius 3 is 2.37 bits per heavy atom. The molecule has 0 aromatic rings. The summed E-state index contributed by atoms with van der Waals surface area (Å²) in [5.74, 6) is 0. The Morgan fingerprint density at radius 1 is 0.947 bits per heavy atom. The van der Waals surface area contributed by atoms with Crippen LogP contribution in [0.4, 0.5) is 0 Å². The Morgan fingerprint density at radius 2 is 1.63 bits per heavy atom. The average Bonchev–Trinajstić information content (AvgIpc) is 2.53. The summed E-state index contributed by atoms with van der Waals surface area (Å²) in [4.78, 5) is 4.37. The summed E-state index contributed by atoms with van der Waals surface area (Å²) in [6, 6.07) is 0. The summed E-state index contributed by atoms with van der Waals surface area (Å²) in [5, 5.41) is 0. The van der Waals surface area contributed by atoms with Crippen molar-refractivity contribution in [2.24, 2.45) is 15.8 Å². The smallest absolute Gasteiger partial charge is 0.0343 e. The van der Waals surface area contributed by atoms with Gasteiger partial charge in [0.1, 0.15) is 0 Å². The molecule has 0 saturated carbocycles. The van der Waals surface area contributed by atoms with Gasteiger partial charge in [-0.3, -0.25) is 4.99 Å². The van der Waals surface area contributed by atoms with Gasteiger partial charge in [-0.15, -0.1) is 0 Å². The molecule has 1 aliphatic heterocycles. The first-order valence-electron chi connectivity index (χ1n) is 6.83. The first-order valence-corrected chi connectivity index (χ1v) is 6.83. The molecule has 0 saturated heterocycles. The van der Waals surface area contributed by atoms with Gasteiger partial charge in [-0.2, -0.15) is 0 Å². The van der Waals surface area contributed by atoms with Crippen LogP contribution in [0.3, 0.4) is 0 Å². The second-order valence-corrected chi connectivity index (χ2v) is 6.60. The zero-order valence-electron chi connectivity index (χ0n) is 12.6. The third-order valence-corrected chi connectivity index (χ3v) is 3.46. The van der Waals surface area contributed by atoms with Crippen molar-refractivity contribution in [3.8, 4) is 0 Å². The van der Waals surface area contributed by atoms with Crippen molar-refractivity contribution < 1.29 is 0 Å². The molecule has 1 heteroatoms. The highest BCUT2D eigenvalue weighted by atomic mass is 14.7. The van der Waals surface area contributed by atoms with Crippen LogP contribution in [0.1, 0.15) is 34.6 Å². The molecule has 1 heterocycles.